The third-order valence-electron chi connectivity index (χ3n) is 3.95. The lowest BCUT2D eigenvalue weighted by Gasteiger charge is -2.38. The van der Waals surface area contributed by atoms with Gasteiger partial charge in [-0.2, -0.15) is 0 Å². The summed E-state index contributed by atoms with van der Waals surface area (Å²) in [6, 6.07) is 13.5. The fourth-order valence-electron chi connectivity index (χ4n) is 2.67. The van der Waals surface area contributed by atoms with Gasteiger partial charge in [0, 0.05) is 28.3 Å². The number of hydrogen-bond acceptors (Lipinski definition) is 4. The zero-order valence-electron chi connectivity index (χ0n) is 12.7. The molecule has 1 amide bonds. The maximum atomic E-state index is 12.3. The van der Waals surface area contributed by atoms with Gasteiger partial charge < -0.3 is 9.64 Å². The van der Waals surface area contributed by atoms with Gasteiger partial charge in [0.05, 0.1) is 24.2 Å². The Morgan fingerprint density at radius 3 is 2.83 bits per heavy atom. The second-order valence-electron chi connectivity index (χ2n) is 5.68. The maximum Gasteiger partial charge on any atom is 0.255 e. The Morgan fingerprint density at radius 2 is 2.00 bits per heavy atom. The number of carbonyl (C=O) groups excluding carboxylic acids is 1. The highest BCUT2D eigenvalue weighted by Gasteiger charge is 2.33. The van der Waals surface area contributed by atoms with Crippen molar-refractivity contribution in [3.05, 3.63) is 64.9 Å². The number of hydrogen-bond donors (Lipinski definition) is 0. The lowest BCUT2D eigenvalue weighted by molar-refractivity contribution is 0.0161. The van der Waals surface area contributed by atoms with Gasteiger partial charge in [-0.25, -0.2) is 4.98 Å². The lowest BCUT2D eigenvalue weighted by atomic mass is 10.1. The highest BCUT2D eigenvalue weighted by Crippen LogP contribution is 2.21. The summed E-state index contributed by atoms with van der Waals surface area (Å²) in [5.74, 6) is 0.560. The van der Waals surface area contributed by atoms with Crippen LogP contribution < -0.4 is 4.74 Å². The van der Waals surface area contributed by atoms with E-state index in [9.17, 15) is 4.79 Å². The van der Waals surface area contributed by atoms with E-state index in [-0.39, 0.29) is 12.0 Å². The smallest absolute Gasteiger partial charge is 0.255 e. The number of fused-ring (bicyclic) bond motifs is 1. The second kappa shape index (κ2) is 6.20. The molecule has 2 aromatic heterocycles. The van der Waals surface area contributed by atoms with E-state index in [0.29, 0.717) is 24.5 Å². The minimum Gasteiger partial charge on any atom is -0.471 e. The summed E-state index contributed by atoms with van der Waals surface area (Å²) in [5.41, 5.74) is 1.48. The third-order valence-corrected chi connectivity index (χ3v) is 4.38. The van der Waals surface area contributed by atoms with Gasteiger partial charge in [0.25, 0.3) is 5.91 Å². The summed E-state index contributed by atoms with van der Waals surface area (Å²) in [5, 5.41) is 1.08. The molecule has 1 aliphatic rings. The fraction of sp³-hybridized carbons (Fsp3) is 0.167. The summed E-state index contributed by atoms with van der Waals surface area (Å²) in [6.07, 6.45) is 3.21. The largest absolute Gasteiger partial charge is 0.471 e. The van der Waals surface area contributed by atoms with E-state index in [0.717, 1.165) is 15.4 Å². The summed E-state index contributed by atoms with van der Waals surface area (Å²) in [7, 11) is 0. The Kier molecular flexibility index (Phi) is 3.90. The summed E-state index contributed by atoms with van der Waals surface area (Å²) in [4.78, 5) is 22.6. The first kappa shape index (κ1) is 15.1. The van der Waals surface area contributed by atoms with E-state index < -0.39 is 0 Å². The number of halogens is 1. The summed E-state index contributed by atoms with van der Waals surface area (Å²) >= 11 is 3.33. The lowest BCUT2D eigenvalue weighted by Crippen LogP contribution is -2.56. The van der Waals surface area contributed by atoms with Crippen LogP contribution in [0.5, 0.6) is 5.88 Å². The molecule has 3 aromatic rings. The number of likely N-dealkylation sites (tertiary alicyclic amines) is 1. The minimum atomic E-state index is -0.0323. The summed E-state index contributed by atoms with van der Waals surface area (Å²) in [6.45, 7) is 1.11. The number of amides is 1. The molecule has 4 rings (SSSR count). The topological polar surface area (TPSA) is 55.3 Å². The van der Waals surface area contributed by atoms with Crippen molar-refractivity contribution < 1.29 is 9.53 Å². The number of nitrogens with zero attached hydrogens (tertiary/aromatic N) is 3. The first-order valence-electron chi connectivity index (χ1n) is 7.61. The fourth-order valence-corrected chi connectivity index (χ4v) is 3.04. The molecule has 6 heteroatoms. The van der Waals surface area contributed by atoms with Crippen LogP contribution in [-0.4, -0.2) is 40.0 Å². The molecule has 0 atom stereocenters. The molecule has 1 aromatic carbocycles. The first-order valence-corrected chi connectivity index (χ1v) is 8.40. The second-order valence-corrected chi connectivity index (χ2v) is 6.60. The monoisotopic (exact) mass is 383 g/mol. The molecule has 24 heavy (non-hydrogen) atoms. The average molecular weight is 384 g/mol. The van der Waals surface area contributed by atoms with Crippen molar-refractivity contribution in [2.24, 2.45) is 0 Å². The van der Waals surface area contributed by atoms with Crippen molar-refractivity contribution in [2.45, 2.75) is 6.10 Å². The third kappa shape index (κ3) is 2.97. The maximum absolute atomic E-state index is 12.3. The van der Waals surface area contributed by atoms with Crippen LogP contribution in [0.1, 0.15) is 10.4 Å². The number of pyridine rings is 2. The van der Waals surface area contributed by atoms with E-state index in [1.54, 1.807) is 23.4 Å². The molecule has 1 saturated heterocycles. The van der Waals surface area contributed by atoms with Crippen molar-refractivity contribution >= 4 is 32.7 Å². The van der Waals surface area contributed by atoms with E-state index in [2.05, 4.69) is 25.9 Å². The number of carbonyl (C=O) groups is 1. The standard InChI is InChI=1S/C18H14BrN3O2/c19-14-7-13(8-20-9-14)18(23)22-10-15(11-22)24-17-6-5-12-3-1-2-4-16(12)21-17/h1-9,15H,10-11H2. The predicted octanol–water partition coefficient (Wildman–Crippen LogP) is 3.30. The molecule has 1 fully saturated rings. The van der Waals surface area contributed by atoms with Crippen LogP contribution in [0.2, 0.25) is 0 Å². The van der Waals surface area contributed by atoms with Gasteiger partial charge in [-0.15, -0.1) is 0 Å². The van der Waals surface area contributed by atoms with Crippen molar-refractivity contribution in [1.82, 2.24) is 14.9 Å². The first-order chi connectivity index (χ1) is 11.7. The van der Waals surface area contributed by atoms with Gasteiger partial charge in [0.1, 0.15) is 6.10 Å². The molecule has 0 unspecified atom stereocenters. The Morgan fingerprint density at radius 1 is 1.17 bits per heavy atom. The molecule has 3 heterocycles. The predicted molar refractivity (Wildman–Crippen MR) is 94.0 cm³/mol. The quantitative estimate of drug-likeness (QED) is 0.696. The minimum absolute atomic E-state index is 0.0253. The number of benzene rings is 1. The van der Waals surface area contributed by atoms with Gasteiger partial charge in [0.2, 0.25) is 5.88 Å². The van der Waals surface area contributed by atoms with Crippen LogP contribution in [0.3, 0.4) is 0 Å². The van der Waals surface area contributed by atoms with E-state index in [4.69, 9.17) is 4.74 Å². The molecule has 0 N–H and O–H groups in total. The van der Waals surface area contributed by atoms with Gasteiger partial charge in [-0.3, -0.25) is 9.78 Å². The Hall–Kier alpha value is -2.47. The molecule has 5 nitrogen and oxygen atoms in total. The van der Waals surface area contributed by atoms with Gasteiger partial charge >= 0.3 is 0 Å². The average Bonchev–Trinajstić information content (AvgIpc) is 2.57. The number of aromatic nitrogens is 2. The van der Waals surface area contributed by atoms with E-state index in [1.807, 2.05) is 36.4 Å². The highest BCUT2D eigenvalue weighted by atomic mass is 79.9. The molecular formula is C18H14BrN3O2. The van der Waals surface area contributed by atoms with Crippen LogP contribution in [0, 0.1) is 0 Å². The highest BCUT2D eigenvalue weighted by molar-refractivity contribution is 9.10. The normalized spacial score (nSPS) is 14.5. The Labute approximate surface area is 147 Å². The molecule has 1 aliphatic heterocycles. The SMILES string of the molecule is O=C(c1cncc(Br)c1)N1CC(Oc2ccc3ccccc3n2)C1. The van der Waals surface area contributed by atoms with Crippen LogP contribution in [0.25, 0.3) is 10.9 Å². The van der Waals surface area contributed by atoms with Gasteiger partial charge in [-0.1, -0.05) is 18.2 Å². The molecule has 0 saturated carbocycles. The van der Waals surface area contributed by atoms with Crippen LogP contribution in [0.15, 0.2) is 59.3 Å². The van der Waals surface area contributed by atoms with Crippen molar-refractivity contribution in [3.8, 4) is 5.88 Å². The number of rotatable bonds is 3. The summed E-state index contributed by atoms with van der Waals surface area (Å²) < 4.78 is 6.66. The van der Waals surface area contributed by atoms with Crippen molar-refractivity contribution in [2.75, 3.05) is 13.1 Å². The van der Waals surface area contributed by atoms with E-state index in [1.165, 1.54) is 0 Å². The van der Waals surface area contributed by atoms with Crippen LogP contribution in [0.4, 0.5) is 0 Å². The van der Waals surface area contributed by atoms with Gasteiger partial charge in [-0.05, 0) is 34.1 Å². The Balaban J connectivity index is 1.39. The van der Waals surface area contributed by atoms with E-state index >= 15 is 0 Å². The van der Waals surface area contributed by atoms with Crippen molar-refractivity contribution in [3.63, 3.8) is 0 Å². The molecule has 0 aliphatic carbocycles. The molecule has 0 bridgehead atoms. The zero-order chi connectivity index (χ0) is 16.5. The number of ether oxygens (including phenoxy) is 1. The molecule has 0 radical (unpaired) electrons. The molecule has 0 spiro atoms. The molecule has 120 valence electrons. The van der Waals surface area contributed by atoms with Crippen molar-refractivity contribution in [1.29, 1.82) is 0 Å². The zero-order valence-corrected chi connectivity index (χ0v) is 14.3. The Bertz CT molecular complexity index is 909. The van der Waals surface area contributed by atoms with Crippen LogP contribution in [-0.2, 0) is 0 Å². The molecular weight excluding hydrogens is 370 g/mol. The van der Waals surface area contributed by atoms with Crippen LogP contribution >= 0.6 is 15.9 Å². The number of para-hydroxylation sites is 1. The van der Waals surface area contributed by atoms with Gasteiger partial charge in [0.15, 0.2) is 0 Å².